The topological polar surface area (TPSA) is 38.3 Å². The first-order valence-electron chi connectivity index (χ1n) is 8.94. The summed E-state index contributed by atoms with van der Waals surface area (Å²) in [6.07, 6.45) is 4.24. The summed E-state index contributed by atoms with van der Waals surface area (Å²) in [5, 5.41) is 3.08. The summed E-state index contributed by atoms with van der Waals surface area (Å²) in [5.41, 5.74) is 0.770. The fraction of sp³-hybridized carbons (Fsp3) is 0.632. The summed E-state index contributed by atoms with van der Waals surface area (Å²) in [7, 11) is 0. The van der Waals surface area contributed by atoms with E-state index in [0.29, 0.717) is 30.3 Å². The van der Waals surface area contributed by atoms with E-state index < -0.39 is 4.33 Å². The molecule has 1 aromatic carbocycles. The van der Waals surface area contributed by atoms with Gasteiger partial charge in [-0.2, -0.15) is 0 Å². The van der Waals surface area contributed by atoms with Gasteiger partial charge < -0.3 is 10.1 Å². The maximum Gasteiger partial charge on any atom is 0.228 e. The third-order valence-corrected chi connectivity index (χ3v) is 7.19. The smallest absolute Gasteiger partial charge is 0.228 e. The average molecular weight is 368 g/mol. The van der Waals surface area contributed by atoms with E-state index in [0.717, 1.165) is 37.1 Å². The lowest BCUT2D eigenvalue weighted by Crippen LogP contribution is -2.16. The molecule has 130 valence electrons. The molecule has 3 fully saturated rings. The van der Waals surface area contributed by atoms with Gasteiger partial charge in [0, 0.05) is 5.92 Å². The first-order valence-corrected chi connectivity index (χ1v) is 9.70. The van der Waals surface area contributed by atoms with Crippen LogP contribution in [-0.4, -0.2) is 16.8 Å². The zero-order valence-electron chi connectivity index (χ0n) is 13.8. The second-order valence-electron chi connectivity index (χ2n) is 7.31. The van der Waals surface area contributed by atoms with Crippen molar-refractivity contribution in [3.8, 4) is 5.75 Å². The van der Waals surface area contributed by atoms with Crippen molar-refractivity contribution in [2.45, 2.75) is 36.9 Å². The zero-order valence-corrected chi connectivity index (χ0v) is 15.3. The molecule has 0 radical (unpaired) electrons. The maximum atomic E-state index is 12.7. The van der Waals surface area contributed by atoms with Crippen LogP contribution in [0.4, 0.5) is 5.69 Å². The second kappa shape index (κ2) is 6.10. The lowest BCUT2D eigenvalue weighted by Gasteiger charge is -2.11. The summed E-state index contributed by atoms with van der Waals surface area (Å²) >= 11 is 12.7. The quantitative estimate of drug-likeness (QED) is 0.770. The maximum absolute atomic E-state index is 12.7. The fourth-order valence-electron chi connectivity index (χ4n) is 4.68. The molecule has 3 aliphatic carbocycles. The van der Waals surface area contributed by atoms with Gasteiger partial charge in [-0.25, -0.2) is 0 Å². The fourth-order valence-corrected chi connectivity index (χ4v) is 5.60. The van der Waals surface area contributed by atoms with E-state index in [1.165, 1.54) is 0 Å². The third kappa shape index (κ3) is 2.80. The van der Waals surface area contributed by atoms with Gasteiger partial charge in [-0.1, -0.05) is 12.1 Å². The summed E-state index contributed by atoms with van der Waals surface area (Å²) in [5.74, 6) is 2.87. The van der Waals surface area contributed by atoms with Crippen molar-refractivity contribution in [2.75, 3.05) is 11.9 Å². The number of alkyl halides is 2. The van der Waals surface area contributed by atoms with Crippen molar-refractivity contribution < 1.29 is 9.53 Å². The molecular weight excluding hydrogens is 345 g/mol. The molecular formula is C19H23Cl2NO2. The molecule has 0 bridgehead atoms. The van der Waals surface area contributed by atoms with E-state index in [2.05, 4.69) is 5.32 Å². The van der Waals surface area contributed by atoms with Crippen molar-refractivity contribution in [1.82, 2.24) is 0 Å². The van der Waals surface area contributed by atoms with Crippen LogP contribution in [0.3, 0.4) is 0 Å². The van der Waals surface area contributed by atoms with Crippen LogP contribution in [0, 0.1) is 29.6 Å². The number of benzene rings is 1. The van der Waals surface area contributed by atoms with Crippen LogP contribution in [0.5, 0.6) is 5.75 Å². The summed E-state index contributed by atoms with van der Waals surface area (Å²) < 4.78 is 5.10. The molecule has 0 aromatic heterocycles. The molecule has 1 amide bonds. The Bertz CT molecular complexity index is 626. The molecule has 0 aliphatic heterocycles. The molecule has 5 heteroatoms. The molecule has 3 saturated carbocycles. The number of rotatable bonds is 4. The van der Waals surface area contributed by atoms with Gasteiger partial charge in [-0.3, -0.25) is 4.79 Å². The predicted molar refractivity (Wildman–Crippen MR) is 96.6 cm³/mol. The number of nitrogens with one attached hydrogen (secondary N) is 1. The molecule has 3 aliphatic rings. The number of para-hydroxylation sites is 2. The van der Waals surface area contributed by atoms with Crippen LogP contribution in [0.2, 0.25) is 0 Å². The Morgan fingerprint density at radius 3 is 2.42 bits per heavy atom. The summed E-state index contributed by atoms with van der Waals surface area (Å²) in [6, 6.07) is 7.63. The zero-order chi connectivity index (χ0) is 16.9. The lowest BCUT2D eigenvalue weighted by molar-refractivity contribution is -0.117. The number of halogens is 2. The predicted octanol–water partition coefficient (Wildman–Crippen LogP) is 4.88. The van der Waals surface area contributed by atoms with E-state index in [-0.39, 0.29) is 11.8 Å². The highest BCUT2D eigenvalue weighted by atomic mass is 35.5. The standard InChI is InChI=1S/C19H23Cl2NO2/c1-2-24-16-6-4-3-5-15(16)22-18(23)17-11-7-9-13-14(19(13,20)21)10-8-12(11)17/h3-6,11-14,17H,2,7-10H2,1H3,(H,22,23)/t11-,12-,13+,14+/m0/s1. The number of hydrogen-bond acceptors (Lipinski definition) is 2. The second-order valence-corrected chi connectivity index (χ2v) is 8.76. The van der Waals surface area contributed by atoms with Crippen molar-refractivity contribution in [2.24, 2.45) is 29.6 Å². The Morgan fingerprint density at radius 2 is 1.79 bits per heavy atom. The highest BCUT2D eigenvalue weighted by molar-refractivity contribution is 6.51. The van der Waals surface area contributed by atoms with Crippen molar-refractivity contribution in [3.63, 3.8) is 0 Å². The van der Waals surface area contributed by atoms with Gasteiger partial charge in [0.1, 0.15) is 10.1 Å². The monoisotopic (exact) mass is 367 g/mol. The van der Waals surface area contributed by atoms with Gasteiger partial charge >= 0.3 is 0 Å². The number of hydrogen-bond donors (Lipinski definition) is 1. The Morgan fingerprint density at radius 1 is 1.17 bits per heavy atom. The molecule has 4 atom stereocenters. The summed E-state index contributed by atoms with van der Waals surface area (Å²) in [4.78, 5) is 12.7. The summed E-state index contributed by atoms with van der Waals surface area (Å²) in [6.45, 7) is 2.53. The van der Waals surface area contributed by atoms with Gasteiger partial charge in [0.25, 0.3) is 0 Å². The molecule has 1 aromatic rings. The van der Waals surface area contributed by atoms with Crippen LogP contribution in [0.25, 0.3) is 0 Å². The van der Waals surface area contributed by atoms with Crippen molar-refractivity contribution in [3.05, 3.63) is 24.3 Å². The van der Waals surface area contributed by atoms with E-state index in [9.17, 15) is 4.79 Å². The molecule has 0 heterocycles. The lowest BCUT2D eigenvalue weighted by atomic mass is 10.0. The number of fused-ring (bicyclic) bond motifs is 2. The number of anilines is 1. The van der Waals surface area contributed by atoms with Gasteiger partial charge in [-0.15, -0.1) is 23.2 Å². The Balaban J connectivity index is 1.39. The number of ether oxygens (including phenoxy) is 1. The molecule has 4 rings (SSSR count). The molecule has 0 unspecified atom stereocenters. The largest absolute Gasteiger partial charge is 0.492 e. The van der Waals surface area contributed by atoms with E-state index in [1.54, 1.807) is 0 Å². The van der Waals surface area contributed by atoms with Crippen LogP contribution < -0.4 is 10.1 Å². The number of carbonyl (C=O) groups excluding carboxylic acids is 1. The van der Waals surface area contributed by atoms with Crippen LogP contribution in [0.1, 0.15) is 32.6 Å². The third-order valence-electron chi connectivity index (χ3n) is 6.07. The van der Waals surface area contributed by atoms with Gasteiger partial charge in [0.15, 0.2) is 0 Å². The first kappa shape index (κ1) is 16.5. The van der Waals surface area contributed by atoms with E-state index >= 15 is 0 Å². The van der Waals surface area contributed by atoms with Gasteiger partial charge in [0.2, 0.25) is 5.91 Å². The molecule has 24 heavy (non-hydrogen) atoms. The van der Waals surface area contributed by atoms with Gasteiger partial charge in [-0.05, 0) is 68.4 Å². The van der Waals surface area contributed by atoms with E-state index in [1.807, 2.05) is 31.2 Å². The molecule has 1 N–H and O–H groups in total. The number of carbonyl (C=O) groups is 1. The normalized spacial score (nSPS) is 35.7. The van der Waals surface area contributed by atoms with Crippen LogP contribution >= 0.6 is 23.2 Å². The van der Waals surface area contributed by atoms with E-state index in [4.69, 9.17) is 27.9 Å². The van der Waals surface area contributed by atoms with Crippen LogP contribution in [-0.2, 0) is 4.79 Å². The van der Waals surface area contributed by atoms with Crippen LogP contribution in [0.15, 0.2) is 24.3 Å². The SMILES string of the molecule is CCOc1ccccc1NC(=O)C1[C@H]2CC[C@@H]3[C@@H](CC[C@H]12)C3(Cl)Cl. The number of amides is 1. The minimum absolute atomic E-state index is 0.135. The Hall–Kier alpha value is -0.930. The molecule has 0 saturated heterocycles. The highest BCUT2D eigenvalue weighted by Gasteiger charge is 2.65. The minimum Gasteiger partial charge on any atom is -0.492 e. The Labute approximate surface area is 153 Å². The van der Waals surface area contributed by atoms with Crippen molar-refractivity contribution >= 4 is 34.8 Å². The Kier molecular flexibility index (Phi) is 4.20. The van der Waals surface area contributed by atoms with Gasteiger partial charge in [0.05, 0.1) is 12.3 Å². The minimum atomic E-state index is -0.495. The highest BCUT2D eigenvalue weighted by Crippen LogP contribution is 2.67. The average Bonchev–Trinajstić information content (AvgIpc) is 3.34. The first-order chi connectivity index (χ1) is 11.5. The van der Waals surface area contributed by atoms with Crippen molar-refractivity contribution in [1.29, 1.82) is 0 Å². The molecule has 0 spiro atoms. The molecule has 3 nitrogen and oxygen atoms in total.